The van der Waals surface area contributed by atoms with E-state index >= 15 is 0 Å². The minimum atomic E-state index is -2.48. The van der Waals surface area contributed by atoms with E-state index in [2.05, 4.69) is 0 Å². The fraction of sp³-hybridized carbons (Fsp3) is 0.680. The molecule has 0 amide bonds. The van der Waals surface area contributed by atoms with E-state index in [0.29, 0.717) is 6.42 Å². The Balaban J connectivity index is 1.98. The van der Waals surface area contributed by atoms with Crippen molar-refractivity contribution < 1.29 is 38.4 Å². The normalized spacial score (nSPS) is 31.8. The molecule has 1 aromatic rings. The van der Waals surface area contributed by atoms with Crippen molar-refractivity contribution in [3.05, 3.63) is 35.9 Å². The molecule has 4 atom stereocenters. The van der Waals surface area contributed by atoms with Gasteiger partial charge in [0.05, 0.1) is 13.2 Å². The number of aliphatic hydroxyl groups is 1. The fourth-order valence-corrected chi connectivity index (χ4v) is 4.21. The highest BCUT2D eigenvalue weighted by molar-refractivity contribution is 5.91. The van der Waals surface area contributed by atoms with Crippen molar-refractivity contribution in [1.29, 1.82) is 0 Å². The quantitative estimate of drug-likeness (QED) is 0.640. The van der Waals surface area contributed by atoms with Crippen LogP contribution in [0.25, 0.3) is 0 Å². The predicted molar refractivity (Wildman–Crippen MR) is 119 cm³/mol. The fourth-order valence-electron chi connectivity index (χ4n) is 4.21. The maximum atomic E-state index is 13.5. The Morgan fingerprint density at radius 1 is 1.03 bits per heavy atom. The van der Waals surface area contributed by atoms with Gasteiger partial charge in [-0.05, 0) is 60.5 Å². The lowest BCUT2D eigenvalue weighted by molar-refractivity contribution is -0.371. The van der Waals surface area contributed by atoms with Crippen LogP contribution in [0.4, 0.5) is 0 Å². The van der Waals surface area contributed by atoms with Crippen molar-refractivity contribution in [1.82, 2.24) is 0 Å². The molecule has 2 fully saturated rings. The first-order valence-electron chi connectivity index (χ1n) is 11.3. The van der Waals surface area contributed by atoms with Crippen LogP contribution in [0.15, 0.2) is 30.3 Å². The third-order valence-electron chi connectivity index (χ3n) is 5.61. The number of fused-ring (bicyclic) bond motifs is 2. The monoisotopic (exact) mass is 464 g/mol. The number of rotatable bonds is 6. The third kappa shape index (κ3) is 5.40. The number of carbonyl (C=O) groups is 2. The molecule has 8 heteroatoms. The van der Waals surface area contributed by atoms with Gasteiger partial charge < -0.3 is 28.8 Å². The second-order valence-electron chi connectivity index (χ2n) is 11.0. The van der Waals surface area contributed by atoms with Gasteiger partial charge in [0, 0.05) is 6.42 Å². The Labute approximate surface area is 195 Å². The summed E-state index contributed by atoms with van der Waals surface area (Å²) in [5.74, 6) is -3.07. The van der Waals surface area contributed by atoms with Crippen LogP contribution >= 0.6 is 0 Å². The Morgan fingerprint density at radius 3 is 2.21 bits per heavy atom. The number of carbonyl (C=O) groups excluding carboxylic acids is 2. The summed E-state index contributed by atoms with van der Waals surface area (Å²) in [6.07, 6.45) is -1.06. The predicted octanol–water partition coefficient (Wildman–Crippen LogP) is 3.28. The van der Waals surface area contributed by atoms with Gasteiger partial charge >= 0.3 is 11.9 Å². The van der Waals surface area contributed by atoms with Gasteiger partial charge in [0.2, 0.25) is 11.7 Å². The largest absolute Gasteiger partial charge is 0.458 e. The molecule has 184 valence electrons. The zero-order valence-corrected chi connectivity index (χ0v) is 20.6. The highest BCUT2D eigenvalue weighted by Crippen LogP contribution is 2.53. The van der Waals surface area contributed by atoms with Crippen LogP contribution in [0.3, 0.4) is 0 Å². The SMILES string of the molecule is CC(C)(C)OC(=O)[C@H]1O[C@@]2(C)CC[C@](COCc3ccccc3)(O2)[C@]1(O)C(=O)OC(C)(C)C. The summed E-state index contributed by atoms with van der Waals surface area (Å²) in [4.78, 5) is 26.6. The molecule has 1 N–H and O–H groups in total. The van der Waals surface area contributed by atoms with Crippen LogP contribution in [0.2, 0.25) is 0 Å². The molecule has 0 aromatic heterocycles. The van der Waals surface area contributed by atoms with Crippen LogP contribution < -0.4 is 0 Å². The van der Waals surface area contributed by atoms with Gasteiger partial charge in [-0.1, -0.05) is 30.3 Å². The molecular weight excluding hydrogens is 428 g/mol. The minimum Gasteiger partial charge on any atom is -0.458 e. The molecule has 0 aliphatic carbocycles. The lowest BCUT2D eigenvalue weighted by atomic mass is 9.76. The first-order chi connectivity index (χ1) is 15.1. The molecule has 8 nitrogen and oxygen atoms in total. The first kappa shape index (κ1) is 25.6. The highest BCUT2D eigenvalue weighted by Gasteiger charge is 2.74. The van der Waals surface area contributed by atoms with E-state index < -0.39 is 46.2 Å². The van der Waals surface area contributed by atoms with Gasteiger partial charge in [-0.25, -0.2) is 9.59 Å². The van der Waals surface area contributed by atoms with Crippen LogP contribution in [0.5, 0.6) is 0 Å². The Morgan fingerprint density at radius 2 is 1.64 bits per heavy atom. The molecule has 2 heterocycles. The number of hydrogen-bond acceptors (Lipinski definition) is 8. The Kier molecular flexibility index (Phi) is 6.72. The average Bonchev–Trinajstić information content (AvgIpc) is 2.97. The standard InChI is InChI=1S/C25H36O8/c1-21(2,3)31-19(26)18-25(28,20(27)32-22(4,5)6)24(14-13-23(7,30-18)33-24)16-29-15-17-11-9-8-10-12-17/h8-12,18,28H,13-16H2,1-7H3/t18-,23-,24-,25-/m1/s1. The lowest BCUT2D eigenvalue weighted by Gasteiger charge is -2.51. The van der Waals surface area contributed by atoms with Crippen LogP contribution in [0, 0.1) is 0 Å². The second-order valence-corrected chi connectivity index (χ2v) is 11.0. The number of benzene rings is 1. The van der Waals surface area contributed by atoms with E-state index in [4.69, 9.17) is 23.7 Å². The summed E-state index contributed by atoms with van der Waals surface area (Å²) in [6, 6.07) is 9.50. The van der Waals surface area contributed by atoms with Crippen molar-refractivity contribution in [2.45, 2.75) is 102 Å². The van der Waals surface area contributed by atoms with Crippen molar-refractivity contribution in [2.75, 3.05) is 6.61 Å². The third-order valence-corrected chi connectivity index (χ3v) is 5.61. The number of hydrogen-bond donors (Lipinski definition) is 1. The summed E-state index contributed by atoms with van der Waals surface area (Å²) in [5, 5.41) is 12.0. The first-order valence-corrected chi connectivity index (χ1v) is 11.3. The molecule has 2 saturated heterocycles. The molecule has 33 heavy (non-hydrogen) atoms. The molecule has 2 aliphatic heterocycles. The van der Waals surface area contributed by atoms with Gasteiger partial charge in [0.1, 0.15) is 16.8 Å². The zero-order valence-electron chi connectivity index (χ0n) is 20.6. The van der Waals surface area contributed by atoms with E-state index in [1.165, 1.54) is 0 Å². The van der Waals surface area contributed by atoms with Gasteiger partial charge in [-0.3, -0.25) is 0 Å². The van der Waals surface area contributed by atoms with Crippen LogP contribution in [0.1, 0.15) is 66.9 Å². The highest BCUT2D eigenvalue weighted by atomic mass is 16.8. The summed E-state index contributed by atoms with van der Waals surface area (Å²) in [5.41, 5.74) is -4.89. The minimum absolute atomic E-state index is 0.143. The van der Waals surface area contributed by atoms with Gasteiger partial charge in [-0.2, -0.15) is 0 Å². The maximum absolute atomic E-state index is 13.5. The lowest BCUT2D eigenvalue weighted by Crippen LogP contribution is -2.75. The Hall–Kier alpha value is -2.00. The van der Waals surface area contributed by atoms with Crippen molar-refractivity contribution >= 4 is 11.9 Å². The maximum Gasteiger partial charge on any atom is 0.345 e. The van der Waals surface area contributed by atoms with Gasteiger partial charge in [-0.15, -0.1) is 0 Å². The molecular formula is C25H36O8. The molecule has 0 spiro atoms. The summed E-state index contributed by atoms with van der Waals surface area (Å²) >= 11 is 0. The Bertz CT molecular complexity index is 871. The molecule has 0 unspecified atom stereocenters. The number of ether oxygens (including phenoxy) is 5. The van der Waals surface area contributed by atoms with E-state index in [0.717, 1.165) is 5.56 Å². The molecule has 0 saturated carbocycles. The van der Waals surface area contributed by atoms with Crippen molar-refractivity contribution in [3.8, 4) is 0 Å². The average molecular weight is 465 g/mol. The molecule has 1 aromatic carbocycles. The van der Waals surface area contributed by atoms with Gasteiger partial charge in [0.15, 0.2) is 5.79 Å². The van der Waals surface area contributed by atoms with Crippen molar-refractivity contribution in [3.63, 3.8) is 0 Å². The van der Waals surface area contributed by atoms with Crippen LogP contribution in [-0.2, 0) is 39.9 Å². The number of esters is 2. The zero-order chi connectivity index (χ0) is 24.7. The smallest absolute Gasteiger partial charge is 0.345 e. The van der Waals surface area contributed by atoms with E-state index in [1.54, 1.807) is 48.5 Å². The molecule has 2 aliphatic rings. The van der Waals surface area contributed by atoms with Crippen LogP contribution in [-0.4, -0.2) is 57.9 Å². The molecule has 3 rings (SSSR count). The van der Waals surface area contributed by atoms with E-state index in [1.807, 2.05) is 30.3 Å². The van der Waals surface area contributed by atoms with Gasteiger partial charge in [0.25, 0.3) is 0 Å². The van der Waals surface area contributed by atoms with Crippen molar-refractivity contribution in [2.24, 2.45) is 0 Å². The summed E-state index contributed by atoms with van der Waals surface area (Å²) in [7, 11) is 0. The topological polar surface area (TPSA) is 101 Å². The van der Waals surface area contributed by atoms with E-state index in [9.17, 15) is 14.7 Å². The van der Waals surface area contributed by atoms with E-state index in [-0.39, 0.29) is 19.6 Å². The molecule has 0 radical (unpaired) electrons. The molecule has 2 bridgehead atoms. The second kappa shape index (κ2) is 8.65. The summed E-state index contributed by atoms with van der Waals surface area (Å²) in [6.45, 7) is 11.9. The summed E-state index contributed by atoms with van der Waals surface area (Å²) < 4.78 is 29.1.